The summed E-state index contributed by atoms with van der Waals surface area (Å²) in [7, 11) is -0.686. The Labute approximate surface area is 85.8 Å². The number of hydrogen-bond acceptors (Lipinski definition) is 2. The summed E-state index contributed by atoms with van der Waals surface area (Å²) >= 11 is 0. The summed E-state index contributed by atoms with van der Waals surface area (Å²) in [6.45, 7) is 0. The second-order valence-corrected chi connectivity index (χ2v) is 4.99. The molecule has 0 aliphatic carbocycles. The zero-order valence-electron chi connectivity index (χ0n) is 7.85. The molecule has 0 unspecified atom stereocenters. The highest BCUT2D eigenvalue weighted by Gasteiger charge is 2.09. The monoisotopic (exact) mass is 214 g/mol. The van der Waals surface area contributed by atoms with Crippen LogP contribution in [0.5, 0.6) is 0 Å². The predicted octanol–water partition coefficient (Wildman–Crippen LogP) is 2.20. The van der Waals surface area contributed by atoms with E-state index in [2.05, 4.69) is 0 Å². The normalized spacial score (nSPS) is 16.1. The van der Waals surface area contributed by atoms with Gasteiger partial charge in [0, 0.05) is 12.8 Å². The van der Waals surface area contributed by atoms with E-state index in [1.807, 2.05) is 23.0 Å². The van der Waals surface area contributed by atoms with Crippen LogP contribution in [0, 0.1) is 0 Å². The maximum atomic E-state index is 11.5. The molecule has 0 fully saturated rings. The fraction of sp³-hybridized carbons (Fsp3) is 0.400. The van der Waals surface area contributed by atoms with Gasteiger partial charge in [0.25, 0.3) is 0 Å². The van der Waals surface area contributed by atoms with E-state index >= 15 is 0 Å². The van der Waals surface area contributed by atoms with Crippen molar-refractivity contribution in [2.75, 3.05) is 0 Å². The van der Waals surface area contributed by atoms with E-state index in [0.717, 1.165) is 0 Å². The van der Waals surface area contributed by atoms with Crippen molar-refractivity contribution >= 4 is 22.0 Å². The van der Waals surface area contributed by atoms with Crippen molar-refractivity contribution in [3.05, 3.63) is 23.0 Å². The van der Waals surface area contributed by atoms with Crippen LogP contribution < -0.4 is 0 Å². The molecule has 1 rings (SSSR count). The van der Waals surface area contributed by atoms with Crippen LogP contribution in [-0.2, 0) is 9.59 Å². The third-order valence-corrected chi connectivity index (χ3v) is 3.71. The summed E-state index contributed by atoms with van der Waals surface area (Å²) < 4.78 is 0. The maximum Gasteiger partial charge on any atom is 0.303 e. The van der Waals surface area contributed by atoms with E-state index in [1.54, 1.807) is 0 Å². The lowest BCUT2D eigenvalue weighted by Gasteiger charge is -2.07. The first-order chi connectivity index (χ1) is 6.70. The Morgan fingerprint density at radius 1 is 1.07 bits per heavy atom. The molecule has 1 N–H and O–H groups in total. The molecule has 0 amide bonds. The van der Waals surface area contributed by atoms with Gasteiger partial charge in [-0.3, -0.25) is 9.59 Å². The first-order valence-electron chi connectivity index (χ1n) is 4.58. The van der Waals surface area contributed by atoms with Crippen LogP contribution in [0.1, 0.15) is 25.7 Å². The summed E-state index contributed by atoms with van der Waals surface area (Å²) in [5, 5.41) is 12.5. The van der Waals surface area contributed by atoms with E-state index in [4.69, 9.17) is 5.11 Å². The third-order valence-electron chi connectivity index (χ3n) is 1.92. The predicted molar refractivity (Wildman–Crippen MR) is 58.4 cm³/mol. The van der Waals surface area contributed by atoms with Crippen molar-refractivity contribution < 1.29 is 14.7 Å². The number of allylic oxidation sites excluding steroid dienone is 2. The van der Waals surface area contributed by atoms with Gasteiger partial charge in [-0.2, -0.15) is 10.9 Å². The summed E-state index contributed by atoms with van der Waals surface area (Å²) in [5.41, 5.74) is 0. The average molecular weight is 214 g/mol. The zero-order chi connectivity index (χ0) is 10.4. The molecule has 0 spiro atoms. The van der Waals surface area contributed by atoms with Gasteiger partial charge in [0.1, 0.15) is 0 Å². The Kier molecular flexibility index (Phi) is 4.46. The minimum Gasteiger partial charge on any atom is -0.481 e. The number of carbonyl (C=O) groups excluding carboxylic acids is 1. The molecule has 0 radical (unpaired) electrons. The smallest absolute Gasteiger partial charge is 0.303 e. The summed E-state index contributed by atoms with van der Waals surface area (Å²) in [6, 6.07) is 0. The Hall–Kier alpha value is -1.03. The molecule has 1 aliphatic heterocycles. The minimum atomic E-state index is -0.788. The number of unbranched alkanes of at least 4 members (excludes halogenated alkanes) is 1. The molecule has 3 nitrogen and oxygen atoms in total. The van der Waals surface area contributed by atoms with Crippen molar-refractivity contribution in [2.45, 2.75) is 25.7 Å². The Morgan fingerprint density at radius 2 is 1.64 bits per heavy atom. The molecular formula is C10H14O3S. The Balaban J connectivity index is 2.12. The zero-order valence-corrected chi connectivity index (χ0v) is 8.74. The van der Waals surface area contributed by atoms with Crippen molar-refractivity contribution in [1.29, 1.82) is 0 Å². The molecule has 78 valence electrons. The fourth-order valence-electron chi connectivity index (χ4n) is 1.18. The van der Waals surface area contributed by atoms with Crippen LogP contribution in [0.3, 0.4) is 0 Å². The SMILES string of the molecule is O=C(O)CCCCC(=O)[SH]1C=CC=C1. The highest BCUT2D eigenvalue weighted by Crippen LogP contribution is 2.35. The highest BCUT2D eigenvalue weighted by molar-refractivity contribution is 8.34. The van der Waals surface area contributed by atoms with Crippen molar-refractivity contribution in [3.63, 3.8) is 0 Å². The number of carboxylic acid groups (broad SMARTS) is 1. The first-order valence-corrected chi connectivity index (χ1v) is 6.06. The lowest BCUT2D eigenvalue weighted by molar-refractivity contribution is -0.137. The van der Waals surface area contributed by atoms with Gasteiger partial charge in [0.15, 0.2) is 5.12 Å². The van der Waals surface area contributed by atoms with Gasteiger partial charge in [0.05, 0.1) is 0 Å². The molecule has 0 bridgehead atoms. The van der Waals surface area contributed by atoms with Gasteiger partial charge in [-0.1, -0.05) is 12.2 Å². The minimum absolute atomic E-state index is 0.164. The van der Waals surface area contributed by atoms with E-state index in [0.29, 0.717) is 19.3 Å². The van der Waals surface area contributed by atoms with Gasteiger partial charge in [-0.05, 0) is 23.7 Å². The lowest BCUT2D eigenvalue weighted by atomic mass is 10.2. The summed E-state index contributed by atoms with van der Waals surface area (Å²) in [5.74, 6) is -0.788. The molecule has 0 saturated carbocycles. The molecule has 0 saturated heterocycles. The van der Waals surface area contributed by atoms with Gasteiger partial charge >= 0.3 is 5.97 Å². The summed E-state index contributed by atoms with van der Waals surface area (Å²) in [4.78, 5) is 21.7. The number of rotatable bonds is 5. The average Bonchev–Trinajstić information content (AvgIpc) is 2.64. The van der Waals surface area contributed by atoms with Crippen LogP contribution in [0.25, 0.3) is 0 Å². The van der Waals surface area contributed by atoms with E-state index < -0.39 is 16.9 Å². The standard InChI is InChI=1S/C10H14O3S/c11-9(12)5-1-2-6-10(13)14-7-3-4-8-14/h3-4,7-8,14H,1-2,5-6H2,(H,11,12). The van der Waals surface area contributed by atoms with Gasteiger partial charge in [0.2, 0.25) is 0 Å². The topological polar surface area (TPSA) is 54.4 Å². The molecule has 0 aromatic heterocycles. The van der Waals surface area contributed by atoms with E-state index in [9.17, 15) is 9.59 Å². The maximum absolute atomic E-state index is 11.5. The van der Waals surface area contributed by atoms with Gasteiger partial charge < -0.3 is 5.11 Å². The Bertz CT molecular complexity index is 269. The number of hydrogen-bond donors (Lipinski definition) is 2. The largest absolute Gasteiger partial charge is 0.481 e. The first kappa shape index (κ1) is 11.0. The van der Waals surface area contributed by atoms with E-state index in [-0.39, 0.29) is 11.5 Å². The van der Waals surface area contributed by atoms with Crippen LogP contribution in [0.4, 0.5) is 0 Å². The van der Waals surface area contributed by atoms with Gasteiger partial charge in [-0.15, -0.1) is 0 Å². The quantitative estimate of drug-likeness (QED) is 0.545. The van der Waals surface area contributed by atoms with E-state index in [1.165, 1.54) is 0 Å². The second kappa shape index (κ2) is 5.65. The second-order valence-electron chi connectivity index (χ2n) is 3.08. The molecular weight excluding hydrogens is 200 g/mol. The van der Waals surface area contributed by atoms with Crippen LogP contribution in [-0.4, -0.2) is 16.2 Å². The van der Waals surface area contributed by atoms with Crippen LogP contribution >= 0.6 is 10.9 Å². The van der Waals surface area contributed by atoms with Crippen LogP contribution in [0.15, 0.2) is 23.0 Å². The molecule has 14 heavy (non-hydrogen) atoms. The number of aliphatic carboxylic acids is 1. The molecule has 0 aromatic rings. The number of thiol groups is 1. The fourth-order valence-corrected chi connectivity index (χ4v) is 2.60. The molecule has 1 heterocycles. The summed E-state index contributed by atoms with van der Waals surface area (Å²) in [6.07, 6.45) is 5.73. The van der Waals surface area contributed by atoms with Gasteiger partial charge in [-0.25, -0.2) is 0 Å². The van der Waals surface area contributed by atoms with Crippen molar-refractivity contribution in [1.82, 2.24) is 0 Å². The molecule has 1 aliphatic rings. The third kappa shape index (κ3) is 3.79. The number of carbonyl (C=O) groups is 2. The molecule has 0 aromatic carbocycles. The van der Waals surface area contributed by atoms with Crippen LogP contribution in [0.2, 0.25) is 0 Å². The van der Waals surface area contributed by atoms with Crippen molar-refractivity contribution in [3.8, 4) is 0 Å². The lowest BCUT2D eigenvalue weighted by Crippen LogP contribution is -1.97. The highest BCUT2D eigenvalue weighted by atomic mass is 32.2. The molecule has 0 atom stereocenters. The Morgan fingerprint density at radius 3 is 2.21 bits per heavy atom. The molecule has 4 heteroatoms. The van der Waals surface area contributed by atoms with Crippen molar-refractivity contribution in [2.24, 2.45) is 0 Å². The number of carboxylic acids is 1.